The predicted molar refractivity (Wildman–Crippen MR) is 93.9 cm³/mol. The first-order valence-electron chi connectivity index (χ1n) is 7.70. The number of hydrogen-bond donors (Lipinski definition) is 1. The number of nitrogens with two attached hydrogens (primary N) is 1. The van der Waals surface area contributed by atoms with E-state index in [-0.39, 0.29) is 5.82 Å². The molecule has 4 rings (SSSR count). The van der Waals surface area contributed by atoms with Gasteiger partial charge in [-0.2, -0.15) is 0 Å². The van der Waals surface area contributed by atoms with Crippen molar-refractivity contribution in [2.45, 2.75) is 23.1 Å². The zero-order valence-corrected chi connectivity index (χ0v) is 13.6. The zero-order chi connectivity index (χ0) is 16.5. The summed E-state index contributed by atoms with van der Waals surface area (Å²) in [6.45, 7) is 0. The van der Waals surface area contributed by atoms with E-state index in [0.717, 1.165) is 16.2 Å². The summed E-state index contributed by atoms with van der Waals surface area (Å²) in [5.74, 6) is -0.0225. The van der Waals surface area contributed by atoms with E-state index in [9.17, 15) is 4.39 Å². The zero-order valence-electron chi connectivity index (χ0n) is 12.8. The van der Waals surface area contributed by atoms with E-state index in [4.69, 9.17) is 5.73 Å². The first-order chi connectivity index (χ1) is 11.7. The molecule has 4 nitrogen and oxygen atoms in total. The maximum Gasteiger partial charge on any atom is 0.141 e. The lowest BCUT2D eigenvalue weighted by molar-refractivity contribution is 0.631. The van der Waals surface area contributed by atoms with Crippen LogP contribution in [-0.2, 0) is 0 Å². The van der Waals surface area contributed by atoms with Crippen molar-refractivity contribution >= 4 is 17.6 Å². The standard InChI is InChI=1S/C18H15FN4S/c19-15-8-11(3-6-14(15)16-9-23-17(20)10-22-16)13-2-1-7-21-18(13)24-12-4-5-12/h1-3,6-10,12H,4-5H2,(H2,20,23). The molecule has 6 heteroatoms. The number of halogens is 1. The molecule has 0 radical (unpaired) electrons. The molecule has 1 fully saturated rings. The van der Waals surface area contributed by atoms with E-state index in [2.05, 4.69) is 15.0 Å². The van der Waals surface area contributed by atoms with Crippen molar-refractivity contribution in [3.8, 4) is 22.4 Å². The fraction of sp³-hybridized carbons (Fsp3) is 0.167. The Labute approximate surface area is 143 Å². The second-order valence-corrected chi connectivity index (χ2v) is 6.98. The van der Waals surface area contributed by atoms with Gasteiger partial charge in [-0.3, -0.25) is 4.98 Å². The minimum absolute atomic E-state index is 0.313. The van der Waals surface area contributed by atoms with Gasteiger partial charge in [-0.15, -0.1) is 11.8 Å². The Morgan fingerprint density at radius 1 is 1.04 bits per heavy atom. The van der Waals surface area contributed by atoms with Crippen LogP contribution in [0.2, 0.25) is 0 Å². The van der Waals surface area contributed by atoms with Crippen molar-refractivity contribution in [1.29, 1.82) is 0 Å². The largest absolute Gasteiger partial charge is 0.382 e. The summed E-state index contributed by atoms with van der Waals surface area (Å²) in [6, 6.07) is 9.01. The van der Waals surface area contributed by atoms with Crippen LogP contribution in [0.5, 0.6) is 0 Å². The number of benzene rings is 1. The fourth-order valence-corrected chi connectivity index (χ4v) is 3.54. The van der Waals surface area contributed by atoms with E-state index in [1.165, 1.54) is 31.3 Å². The number of hydrogen-bond acceptors (Lipinski definition) is 5. The highest BCUT2D eigenvalue weighted by atomic mass is 32.2. The first kappa shape index (κ1) is 15.1. The minimum atomic E-state index is -0.335. The summed E-state index contributed by atoms with van der Waals surface area (Å²) < 4.78 is 14.6. The second-order valence-electron chi connectivity index (χ2n) is 5.69. The van der Waals surface area contributed by atoms with Gasteiger partial charge in [-0.25, -0.2) is 14.4 Å². The number of nitrogen functional groups attached to an aromatic ring is 1. The van der Waals surface area contributed by atoms with Gasteiger partial charge in [-0.05, 0) is 36.6 Å². The van der Waals surface area contributed by atoms with Crippen LogP contribution in [0.25, 0.3) is 22.4 Å². The molecule has 1 aliphatic rings. The van der Waals surface area contributed by atoms with E-state index in [0.29, 0.717) is 22.3 Å². The lowest BCUT2D eigenvalue weighted by Crippen LogP contribution is -1.95. The molecule has 0 saturated heterocycles. The van der Waals surface area contributed by atoms with Gasteiger partial charge in [0.05, 0.1) is 18.1 Å². The highest BCUT2D eigenvalue weighted by Crippen LogP contribution is 2.42. The van der Waals surface area contributed by atoms with Crippen LogP contribution in [0.15, 0.2) is 53.9 Å². The third kappa shape index (κ3) is 3.10. The van der Waals surface area contributed by atoms with Gasteiger partial charge in [0, 0.05) is 22.6 Å². The summed E-state index contributed by atoms with van der Waals surface area (Å²) in [6.07, 6.45) is 7.14. The molecule has 24 heavy (non-hydrogen) atoms. The van der Waals surface area contributed by atoms with Crippen molar-refractivity contribution in [2.75, 3.05) is 5.73 Å². The monoisotopic (exact) mass is 338 g/mol. The second kappa shape index (κ2) is 6.20. The Morgan fingerprint density at radius 3 is 2.62 bits per heavy atom. The summed E-state index contributed by atoms with van der Waals surface area (Å²) in [5.41, 5.74) is 8.18. The summed E-state index contributed by atoms with van der Waals surface area (Å²) in [4.78, 5) is 12.6. The third-order valence-electron chi connectivity index (χ3n) is 3.80. The molecule has 1 saturated carbocycles. The number of nitrogens with zero attached hydrogens (tertiary/aromatic N) is 3. The summed E-state index contributed by atoms with van der Waals surface area (Å²) >= 11 is 1.77. The van der Waals surface area contributed by atoms with Gasteiger partial charge in [0.1, 0.15) is 16.7 Å². The van der Waals surface area contributed by atoms with Crippen LogP contribution < -0.4 is 5.73 Å². The van der Waals surface area contributed by atoms with Crippen LogP contribution in [-0.4, -0.2) is 20.2 Å². The highest BCUT2D eigenvalue weighted by molar-refractivity contribution is 8.00. The number of pyridine rings is 1. The van der Waals surface area contributed by atoms with Crippen molar-refractivity contribution in [3.05, 3.63) is 54.7 Å². The lowest BCUT2D eigenvalue weighted by atomic mass is 10.0. The van der Waals surface area contributed by atoms with Crippen molar-refractivity contribution in [3.63, 3.8) is 0 Å². The van der Waals surface area contributed by atoms with Crippen LogP contribution in [0, 0.1) is 5.82 Å². The van der Waals surface area contributed by atoms with Crippen molar-refractivity contribution in [1.82, 2.24) is 15.0 Å². The van der Waals surface area contributed by atoms with Crippen LogP contribution in [0.4, 0.5) is 10.2 Å². The first-order valence-corrected chi connectivity index (χ1v) is 8.58. The van der Waals surface area contributed by atoms with E-state index < -0.39 is 0 Å². The normalized spacial score (nSPS) is 13.9. The maximum absolute atomic E-state index is 14.6. The third-order valence-corrected chi connectivity index (χ3v) is 5.16. The Bertz CT molecular complexity index is 878. The molecule has 0 unspecified atom stereocenters. The van der Waals surface area contributed by atoms with Gasteiger partial charge in [0.15, 0.2) is 0 Å². The number of aromatic nitrogens is 3. The molecule has 0 bridgehead atoms. The molecule has 0 aliphatic heterocycles. The average Bonchev–Trinajstić information content (AvgIpc) is 3.40. The molecule has 2 aromatic heterocycles. The van der Waals surface area contributed by atoms with Crippen LogP contribution in [0.1, 0.15) is 12.8 Å². The molecule has 120 valence electrons. The Morgan fingerprint density at radius 2 is 1.92 bits per heavy atom. The summed E-state index contributed by atoms with van der Waals surface area (Å²) in [5, 5.41) is 1.60. The molecule has 1 aromatic carbocycles. The predicted octanol–water partition coefficient (Wildman–Crippen LogP) is 4.18. The lowest BCUT2D eigenvalue weighted by Gasteiger charge is -2.09. The van der Waals surface area contributed by atoms with Crippen molar-refractivity contribution < 1.29 is 4.39 Å². The van der Waals surface area contributed by atoms with E-state index in [1.807, 2.05) is 18.2 Å². The van der Waals surface area contributed by atoms with Gasteiger partial charge >= 0.3 is 0 Å². The Hall–Kier alpha value is -2.47. The molecule has 0 amide bonds. The molecule has 2 N–H and O–H groups in total. The minimum Gasteiger partial charge on any atom is -0.382 e. The average molecular weight is 338 g/mol. The van der Waals surface area contributed by atoms with E-state index >= 15 is 0 Å². The smallest absolute Gasteiger partial charge is 0.141 e. The van der Waals surface area contributed by atoms with Gasteiger partial charge in [-0.1, -0.05) is 12.1 Å². The Kier molecular flexibility index (Phi) is 3.90. The Balaban J connectivity index is 1.70. The molecule has 0 atom stereocenters. The van der Waals surface area contributed by atoms with E-state index in [1.54, 1.807) is 24.0 Å². The topological polar surface area (TPSA) is 64.7 Å². The van der Waals surface area contributed by atoms with Gasteiger partial charge < -0.3 is 5.73 Å². The van der Waals surface area contributed by atoms with Gasteiger partial charge in [0.2, 0.25) is 0 Å². The molecule has 0 spiro atoms. The molecular weight excluding hydrogens is 323 g/mol. The quantitative estimate of drug-likeness (QED) is 0.773. The van der Waals surface area contributed by atoms with Gasteiger partial charge in [0.25, 0.3) is 0 Å². The molecule has 3 aromatic rings. The van der Waals surface area contributed by atoms with Crippen LogP contribution in [0.3, 0.4) is 0 Å². The molecule has 1 aliphatic carbocycles. The summed E-state index contributed by atoms with van der Waals surface area (Å²) in [7, 11) is 0. The SMILES string of the molecule is Nc1cnc(-c2ccc(-c3cccnc3SC3CC3)cc2F)cn1. The number of rotatable bonds is 4. The molecular formula is C18H15FN4S. The fourth-order valence-electron chi connectivity index (χ4n) is 2.42. The van der Waals surface area contributed by atoms with Crippen LogP contribution >= 0.6 is 11.8 Å². The number of anilines is 1. The highest BCUT2D eigenvalue weighted by Gasteiger charge is 2.24. The number of thioether (sulfide) groups is 1. The van der Waals surface area contributed by atoms with Crippen molar-refractivity contribution in [2.24, 2.45) is 0 Å². The maximum atomic E-state index is 14.6. The molecule has 2 heterocycles.